The first-order valence-electron chi connectivity index (χ1n) is 6.47. The van der Waals surface area contributed by atoms with Crippen molar-refractivity contribution in [2.24, 2.45) is 5.92 Å². The first-order chi connectivity index (χ1) is 8.15. The Kier molecular flexibility index (Phi) is 3.86. The van der Waals surface area contributed by atoms with Gasteiger partial charge in [0.05, 0.1) is 6.54 Å². The molecule has 1 aliphatic carbocycles. The summed E-state index contributed by atoms with van der Waals surface area (Å²) in [5.74, 6) is 0.487. The van der Waals surface area contributed by atoms with E-state index in [-0.39, 0.29) is 18.5 Å². The van der Waals surface area contributed by atoms with Crippen LogP contribution in [0.3, 0.4) is 0 Å². The zero-order valence-corrected chi connectivity index (χ0v) is 10.4. The Morgan fingerprint density at radius 2 is 2.06 bits per heavy atom. The number of carbonyl (C=O) groups is 2. The average Bonchev–Trinajstić information content (AvgIpc) is 3.10. The van der Waals surface area contributed by atoms with E-state index < -0.39 is 0 Å². The van der Waals surface area contributed by atoms with Crippen molar-refractivity contribution in [3.63, 3.8) is 0 Å². The predicted molar refractivity (Wildman–Crippen MR) is 64.5 cm³/mol. The second kappa shape index (κ2) is 5.38. The van der Waals surface area contributed by atoms with Gasteiger partial charge >= 0.3 is 6.03 Å². The monoisotopic (exact) mass is 239 g/mol. The standard InChI is InChI=1S/C12H21N3O2/c1-9-3-2-6-15(8-9)12(17)13-7-11(16)14-10-4-5-10/h9-10H,2-8H2,1H3,(H,13,17)(H,14,16). The Morgan fingerprint density at radius 1 is 1.29 bits per heavy atom. The van der Waals surface area contributed by atoms with Crippen LogP contribution in [0.2, 0.25) is 0 Å². The summed E-state index contributed by atoms with van der Waals surface area (Å²) in [6.07, 6.45) is 4.39. The highest BCUT2D eigenvalue weighted by Crippen LogP contribution is 2.18. The molecule has 1 saturated heterocycles. The smallest absolute Gasteiger partial charge is 0.317 e. The van der Waals surface area contributed by atoms with Gasteiger partial charge in [-0.2, -0.15) is 0 Å². The summed E-state index contributed by atoms with van der Waals surface area (Å²) >= 11 is 0. The molecule has 0 spiro atoms. The topological polar surface area (TPSA) is 61.4 Å². The summed E-state index contributed by atoms with van der Waals surface area (Å²) in [6.45, 7) is 3.86. The molecule has 1 atom stereocenters. The van der Waals surface area contributed by atoms with Crippen molar-refractivity contribution in [2.45, 2.75) is 38.6 Å². The van der Waals surface area contributed by atoms with Gasteiger partial charge in [-0.3, -0.25) is 4.79 Å². The highest BCUT2D eigenvalue weighted by molar-refractivity contribution is 5.84. The lowest BCUT2D eigenvalue weighted by Gasteiger charge is -2.30. The molecule has 0 radical (unpaired) electrons. The second-order valence-corrected chi connectivity index (χ2v) is 5.19. The van der Waals surface area contributed by atoms with Gasteiger partial charge in [0, 0.05) is 19.1 Å². The van der Waals surface area contributed by atoms with Crippen LogP contribution in [0.4, 0.5) is 4.79 Å². The van der Waals surface area contributed by atoms with Crippen molar-refractivity contribution in [3.05, 3.63) is 0 Å². The van der Waals surface area contributed by atoms with Crippen LogP contribution in [-0.4, -0.2) is 42.5 Å². The molecule has 2 N–H and O–H groups in total. The van der Waals surface area contributed by atoms with Crippen LogP contribution in [0.5, 0.6) is 0 Å². The maximum atomic E-state index is 11.8. The molecular formula is C12H21N3O2. The highest BCUT2D eigenvalue weighted by atomic mass is 16.2. The molecule has 2 aliphatic rings. The van der Waals surface area contributed by atoms with Crippen molar-refractivity contribution < 1.29 is 9.59 Å². The molecule has 2 rings (SSSR count). The Hall–Kier alpha value is -1.26. The van der Waals surface area contributed by atoms with Crippen LogP contribution in [0.1, 0.15) is 32.6 Å². The van der Waals surface area contributed by atoms with E-state index in [1.807, 2.05) is 0 Å². The third-order valence-electron chi connectivity index (χ3n) is 3.29. The van der Waals surface area contributed by atoms with E-state index in [0.29, 0.717) is 12.0 Å². The molecule has 96 valence electrons. The normalized spacial score (nSPS) is 24.3. The average molecular weight is 239 g/mol. The number of nitrogens with one attached hydrogen (secondary N) is 2. The molecule has 0 aromatic carbocycles. The Morgan fingerprint density at radius 3 is 2.71 bits per heavy atom. The van der Waals surface area contributed by atoms with Crippen molar-refractivity contribution in [3.8, 4) is 0 Å². The summed E-state index contributed by atoms with van der Waals surface area (Å²) in [5, 5.41) is 5.53. The van der Waals surface area contributed by atoms with Crippen LogP contribution in [0.25, 0.3) is 0 Å². The van der Waals surface area contributed by atoms with Gasteiger partial charge in [0.25, 0.3) is 0 Å². The molecular weight excluding hydrogens is 218 g/mol. The number of urea groups is 1. The molecule has 5 heteroatoms. The number of hydrogen-bond donors (Lipinski definition) is 2. The van der Waals surface area contributed by atoms with Gasteiger partial charge < -0.3 is 15.5 Å². The van der Waals surface area contributed by atoms with E-state index >= 15 is 0 Å². The quantitative estimate of drug-likeness (QED) is 0.762. The van der Waals surface area contributed by atoms with Gasteiger partial charge in [0.1, 0.15) is 0 Å². The minimum atomic E-state index is -0.109. The maximum Gasteiger partial charge on any atom is 0.317 e. The summed E-state index contributed by atoms with van der Waals surface area (Å²) < 4.78 is 0. The second-order valence-electron chi connectivity index (χ2n) is 5.19. The van der Waals surface area contributed by atoms with Crippen molar-refractivity contribution in [1.82, 2.24) is 15.5 Å². The largest absolute Gasteiger partial charge is 0.352 e. The fourth-order valence-corrected chi connectivity index (χ4v) is 2.15. The van der Waals surface area contributed by atoms with E-state index in [1.165, 1.54) is 6.42 Å². The van der Waals surface area contributed by atoms with Gasteiger partial charge in [-0.1, -0.05) is 6.92 Å². The fraction of sp³-hybridized carbons (Fsp3) is 0.833. The summed E-state index contributed by atoms with van der Waals surface area (Å²) in [5.41, 5.74) is 0. The molecule has 3 amide bonds. The third-order valence-corrected chi connectivity index (χ3v) is 3.29. The first kappa shape index (κ1) is 12.2. The van der Waals surface area contributed by atoms with E-state index in [1.54, 1.807) is 4.90 Å². The van der Waals surface area contributed by atoms with E-state index in [4.69, 9.17) is 0 Å². The molecule has 1 aliphatic heterocycles. The zero-order valence-electron chi connectivity index (χ0n) is 10.4. The fourth-order valence-electron chi connectivity index (χ4n) is 2.15. The molecule has 1 unspecified atom stereocenters. The minimum absolute atomic E-state index is 0.0779. The molecule has 0 bridgehead atoms. The zero-order chi connectivity index (χ0) is 12.3. The Labute approximate surface area is 102 Å². The lowest BCUT2D eigenvalue weighted by molar-refractivity contribution is -0.120. The molecule has 17 heavy (non-hydrogen) atoms. The number of piperidine rings is 1. The van der Waals surface area contributed by atoms with Gasteiger partial charge in [-0.25, -0.2) is 4.79 Å². The van der Waals surface area contributed by atoms with Gasteiger partial charge in [0.2, 0.25) is 5.91 Å². The highest BCUT2D eigenvalue weighted by Gasteiger charge is 2.24. The van der Waals surface area contributed by atoms with Crippen LogP contribution in [-0.2, 0) is 4.79 Å². The third kappa shape index (κ3) is 3.91. The number of amides is 3. The number of hydrogen-bond acceptors (Lipinski definition) is 2. The SMILES string of the molecule is CC1CCCN(C(=O)NCC(=O)NC2CC2)C1. The number of likely N-dealkylation sites (tertiary alicyclic amines) is 1. The van der Waals surface area contributed by atoms with Gasteiger partial charge in [-0.05, 0) is 31.6 Å². The Bertz CT molecular complexity index is 302. The summed E-state index contributed by atoms with van der Waals surface area (Å²) in [7, 11) is 0. The Balaban J connectivity index is 1.66. The minimum Gasteiger partial charge on any atom is -0.352 e. The molecule has 0 aromatic heterocycles. The molecule has 2 fully saturated rings. The number of carbonyl (C=O) groups excluding carboxylic acids is 2. The van der Waals surface area contributed by atoms with Crippen molar-refractivity contribution >= 4 is 11.9 Å². The maximum absolute atomic E-state index is 11.8. The number of nitrogens with zero attached hydrogens (tertiary/aromatic N) is 1. The lowest BCUT2D eigenvalue weighted by atomic mass is 10.0. The van der Waals surface area contributed by atoms with Crippen molar-refractivity contribution in [2.75, 3.05) is 19.6 Å². The van der Waals surface area contributed by atoms with E-state index in [2.05, 4.69) is 17.6 Å². The summed E-state index contributed by atoms with van der Waals surface area (Å²) in [4.78, 5) is 25.0. The molecule has 1 heterocycles. The molecule has 0 aromatic rings. The van der Waals surface area contributed by atoms with Crippen LogP contribution in [0.15, 0.2) is 0 Å². The molecule has 1 saturated carbocycles. The van der Waals surface area contributed by atoms with Crippen LogP contribution < -0.4 is 10.6 Å². The van der Waals surface area contributed by atoms with E-state index in [0.717, 1.165) is 32.4 Å². The van der Waals surface area contributed by atoms with Crippen molar-refractivity contribution in [1.29, 1.82) is 0 Å². The van der Waals surface area contributed by atoms with Gasteiger partial charge in [0.15, 0.2) is 0 Å². The first-order valence-corrected chi connectivity index (χ1v) is 6.47. The predicted octanol–water partition coefficient (Wildman–Crippen LogP) is 0.706. The molecule has 5 nitrogen and oxygen atoms in total. The van der Waals surface area contributed by atoms with E-state index in [9.17, 15) is 9.59 Å². The number of rotatable bonds is 3. The lowest BCUT2D eigenvalue weighted by Crippen LogP contribution is -2.47. The van der Waals surface area contributed by atoms with Gasteiger partial charge in [-0.15, -0.1) is 0 Å². The van der Waals surface area contributed by atoms with Crippen LogP contribution in [0, 0.1) is 5.92 Å². The van der Waals surface area contributed by atoms with Crippen LogP contribution >= 0.6 is 0 Å². The summed E-state index contributed by atoms with van der Waals surface area (Å²) in [6, 6.07) is 0.247.